The first-order chi connectivity index (χ1) is 23.8. The van der Waals surface area contributed by atoms with E-state index in [1.54, 1.807) is 28.9 Å². The van der Waals surface area contributed by atoms with Gasteiger partial charge < -0.3 is 30.1 Å². The van der Waals surface area contributed by atoms with Gasteiger partial charge in [0.2, 0.25) is 11.1 Å². The Balaban J connectivity index is 1.16. The van der Waals surface area contributed by atoms with E-state index in [0.29, 0.717) is 23.9 Å². The van der Waals surface area contributed by atoms with Crippen LogP contribution in [0.2, 0.25) is 0 Å². The number of hydrogen-bond acceptors (Lipinski definition) is 10. The van der Waals surface area contributed by atoms with E-state index in [-0.39, 0.29) is 43.3 Å². The van der Waals surface area contributed by atoms with Gasteiger partial charge in [0.05, 0.1) is 30.9 Å². The first-order valence-corrected chi connectivity index (χ1v) is 16.7. The number of benzene rings is 4. The van der Waals surface area contributed by atoms with Crippen LogP contribution in [0, 0.1) is 0 Å². The van der Waals surface area contributed by atoms with Gasteiger partial charge in [-0.25, -0.2) is 0 Å². The number of aromatic hydroxyl groups is 1. The molecule has 1 amide bonds. The number of ether oxygens (including phenoxy) is 2. The highest BCUT2D eigenvalue weighted by atomic mass is 32.2. The lowest BCUT2D eigenvalue weighted by atomic mass is 9.99. The number of nitrogens with one attached hydrogen (secondary N) is 1. The van der Waals surface area contributed by atoms with E-state index in [2.05, 4.69) is 20.8 Å². The molecule has 0 spiro atoms. The second-order valence-corrected chi connectivity index (χ2v) is 12.5. The second kappa shape index (κ2) is 15.9. The number of tetrazole rings is 1. The molecule has 0 radical (unpaired) electrons. The highest BCUT2D eigenvalue weighted by molar-refractivity contribution is 7.99. The fraction of sp³-hybridized carbons (Fsp3) is 0.250. The zero-order valence-electron chi connectivity index (χ0n) is 26.4. The molecule has 1 aromatic heterocycles. The minimum Gasteiger partial charge on any atom is -0.508 e. The molecule has 1 aliphatic rings. The van der Waals surface area contributed by atoms with Crippen molar-refractivity contribution in [1.29, 1.82) is 0 Å². The van der Waals surface area contributed by atoms with E-state index in [0.717, 1.165) is 39.1 Å². The second-order valence-electron chi connectivity index (χ2n) is 11.5. The first-order valence-electron chi connectivity index (χ1n) is 15.7. The molecule has 4 N–H and O–H groups in total. The normalized spacial score (nSPS) is 17.4. The van der Waals surface area contributed by atoms with Crippen molar-refractivity contribution >= 4 is 23.6 Å². The van der Waals surface area contributed by atoms with Gasteiger partial charge >= 0.3 is 5.97 Å². The Labute approximate surface area is 286 Å². The molecular formula is C36H35N5O7S. The lowest BCUT2D eigenvalue weighted by molar-refractivity contribution is -0.245. The van der Waals surface area contributed by atoms with E-state index in [4.69, 9.17) is 14.6 Å². The van der Waals surface area contributed by atoms with Crippen LogP contribution in [-0.2, 0) is 32.2 Å². The van der Waals surface area contributed by atoms with Gasteiger partial charge in [-0.05, 0) is 68.6 Å². The Morgan fingerprint density at radius 3 is 2.37 bits per heavy atom. The van der Waals surface area contributed by atoms with Crippen LogP contribution in [-0.4, -0.2) is 59.3 Å². The number of aliphatic carboxylic acids is 1. The first kappa shape index (κ1) is 33.8. The standard InChI is InChI=1S/C36H35N5O7S/c42-21-23-4-6-26(7-5-23)32-19-31(22-49-36-38-39-40-41(36)29-12-14-30(43)15-13-29)47-35(48-32)27-10-8-25(9-11-27)28-3-1-2-24(18-28)20-37-33(44)16-17-34(45)46/h1-15,18,31-32,35,42-43H,16-17,19-22H2,(H,37,44)(H,45,46)/t31-,32+,35+/m0/s1. The molecule has 5 aromatic rings. The van der Waals surface area contributed by atoms with Crippen molar-refractivity contribution in [3.8, 4) is 22.6 Å². The third kappa shape index (κ3) is 8.89. The number of hydrogen-bond donors (Lipinski definition) is 4. The Morgan fingerprint density at radius 2 is 1.63 bits per heavy atom. The summed E-state index contributed by atoms with van der Waals surface area (Å²) in [4.78, 5) is 22.7. The predicted octanol–water partition coefficient (Wildman–Crippen LogP) is 5.35. The van der Waals surface area contributed by atoms with Crippen LogP contribution in [0.25, 0.3) is 16.8 Å². The summed E-state index contributed by atoms with van der Waals surface area (Å²) in [5.74, 6) is -0.596. The summed E-state index contributed by atoms with van der Waals surface area (Å²) in [6, 6.07) is 30.1. The number of aliphatic hydroxyl groups is 1. The van der Waals surface area contributed by atoms with Crippen LogP contribution in [0.4, 0.5) is 0 Å². The molecule has 13 heteroatoms. The molecule has 1 aliphatic heterocycles. The zero-order valence-corrected chi connectivity index (χ0v) is 27.2. The Hall–Kier alpha value is -5.08. The number of carbonyl (C=O) groups excluding carboxylic acids is 1. The number of amides is 1. The van der Waals surface area contributed by atoms with Crippen LogP contribution in [0.15, 0.2) is 102 Å². The molecule has 0 saturated carbocycles. The van der Waals surface area contributed by atoms with Gasteiger partial charge in [-0.15, -0.1) is 5.10 Å². The number of carbonyl (C=O) groups is 2. The van der Waals surface area contributed by atoms with Gasteiger partial charge in [0.15, 0.2) is 6.29 Å². The van der Waals surface area contributed by atoms with E-state index in [1.807, 2.05) is 72.8 Å². The van der Waals surface area contributed by atoms with Gasteiger partial charge in [-0.3, -0.25) is 9.59 Å². The van der Waals surface area contributed by atoms with E-state index in [1.165, 1.54) is 11.8 Å². The van der Waals surface area contributed by atoms with Crippen molar-refractivity contribution < 1.29 is 34.4 Å². The molecule has 3 atom stereocenters. The number of phenolic OH excluding ortho intramolecular Hbond substituents is 1. The number of nitrogens with zero attached hydrogens (tertiary/aromatic N) is 4. The summed E-state index contributed by atoms with van der Waals surface area (Å²) >= 11 is 1.47. The summed E-state index contributed by atoms with van der Waals surface area (Å²) in [5.41, 5.74) is 6.23. The smallest absolute Gasteiger partial charge is 0.303 e. The monoisotopic (exact) mass is 681 g/mol. The number of aliphatic hydroxyl groups excluding tert-OH is 1. The van der Waals surface area contributed by atoms with Gasteiger partial charge in [-0.2, -0.15) is 4.68 Å². The van der Waals surface area contributed by atoms with E-state index in [9.17, 15) is 19.8 Å². The number of aromatic nitrogens is 4. The molecule has 0 aliphatic carbocycles. The third-order valence-electron chi connectivity index (χ3n) is 8.05. The summed E-state index contributed by atoms with van der Waals surface area (Å²) in [5, 5.41) is 43.6. The molecule has 2 heterocycles. The maximum Gasteiger partial charge on any atom is 0.303 e. The molecule has 1 saturated heterocycles. The highest BCUT2D eigenvalue weighted by Crippen LogP contribution is 2.40. The summed E-state index contributed by atoms with van der Waals surface area (Å²) in [6.45, 7) is 0.263. The molecule has 4 aromatic carbocycles. The zero-order chi connectivity index (χ0) is 34.2. The summed E-state index contributed by atoms with van der Waals surface area (Å²) in [7, 11) is 0. The van der Waals surface area contributed by atoms with E-state index < -0.39 is 12.3 Å². The predicted molar refractivity (Wildman–Crippen MR) is 181 cm³/mol. The number of carboxylic acids is 1. The lowest BCUT2D eigenvalue weighted by Gasteiger charge is -2.36. The van der Waals surface area contributed by atoms with Crippen molar-refractivity contribution in [2.45, 2.75) is 56.1 Å². The maximum atomic E-state index is 12.0. The number of rotatable bonds is 13. The van der Waals surface area contributed by atoms with Crippen molar-refractivity contribution in [2.75, 3.05) is 5.75 Å². The van der Waals surface area contributed by atoms with Crippen LogP contribution >= 0.6 is 11.8 Å². The molecule has 1 fully saturated rings. The van der Waals surface area contributed by atoms with Crippen molar-refractivity contribution in [2.24, 2.45) is 0 Å². The Morgan fingerprint density at radius 1 is 0.878 bits per heavy atom. The molecule has 6 rings (SSSR count). The number of phenols is 1. The van der Waals surface area contributed by atoms with Gasteiger partial charge in [0.1, 0.15) is 5.75 Å². The van der Waals surface area contributed by atoms with Crippen LogP contribution in [0.3, 0.4) is 0 Å². The number of thioether (sulfide) groups is 1. The average molecular weight is 682 g/mol. The third-order valence-corrected chi connectivity index (χ3v) is 9.10. The molecule has 0 bridgehead atoms. The topological polar surface area (TPSA) is 169 Å². The minimum atomic E-state index is -1.00. The van der Waals surface area contributed by atoms with Gasteiger partial charge in [0.25, 0.3) is 0 Å². The fourth-order valence-corrected chi connectivity index (χ4v) is 6.33. The quantitative estimate of drug-likeness (QED) is 0.118. The molecule has 0 unspecified atom stereocenters. The highest BCUT2D eigenvalue weighted by Gasteiger charge is 2.32. The number of carboxylic acid groups (broad SMARTS) is 1. The Bertz CT molecular complexity index is 1870. The molecule has 12 nitrogen and oxygen atoms in total. The SMILES string of the molecule is O=C(O)CCC(=O)NCc1cccc(-c2ccc([C@@H]3O[C@H](CSc4nnnn4-c4ccc(O)cc4)C[C@H](c4ccc(CO)cc4)O3)cc2)c1. The largest absolute Gasteiger partial charge is 0.508 e. The van der Waals surface area contributed by atoms with Crippen molar-refractivity contribution in [3.63, 3.8) is 0 Å². The lowest BCUT2D eigenvalue weighted by Crippen LogP contribution is -2.31. The average Bonchev–Trinajstić information content (AvgIpc) is 3.61. The van der Waals surface area contributed by atoms with Crippen LogP contribution in [0.5, 0.6) is 5.75 Å². The molecule has 49 heavy (non-hydrogen) atoms. The van der Waals surface area contributed by atoms with Crippen LogP contribution in [0.1, 0.15) is 53.9 Å². The van der Waals surface area contributed by atoms with Gasteiger partial charge in [-0.1, -0.05) is 78.5 Å². The molecular weight excluding hydrogens is 646 g/mol. The summed E-state index contributed by atoms with van der Waals surface area (Å²) < 4.78 is 14.6. The van der Waals surface area contributed by atoms with Crippen molar-refractivity contribution in [1.82, 2.24) is 25.5 Å². The fourth-order valence-electron chi connectivity index (χ4n) is 5.42. The van der Waals surface area contributed by atoms with Crippen LogP contribution < -0.4 is 5.32 Å². The van der Waals surface area contributed by atoms with E-state index >= 15 is 0 Å². The Kier molecular flexibility index (Phi) is 11.0. The maximum absolute atomic E-state index is 12.0. The molecule has 252 valence electrons. The summed E-state index contributed by atoms with van der Waals surface area (Å²) in [6.07, 6.45) is -0.776. The van der Waals surface area contributed by atoms with Gasteiger partial charge in [0, 0.05) is 30.7 Å². The minimum absolute atomic E-state index is 0.0385. The van der Waals surface area contributed by atoms with Crippen molar-refractivity contribution in [3.05, 3.63) is 119 Å².